The number of ketones is 1. The Labute approximate surface area is 212 Å². The predicted molar refractivity (Wildman–Crippen MR) is 132 cm³/mol. The first kappa shape index (κ1) is 27.3. The van der Waals surface area contributed by atoms with Crippen molar-refractivity contribution in [3.8, 4) is 0 Å². The van der Waals surface area contributed by atoms with Crippen LogP contribution < -0.4 is 0 Å². The van der Waals surface area contributed by atoms with Crippen molar-refractivity contribution in [3.05, 3.63) is 70.4 Å². The average molecular weight is 518 g/mol. The molecule has 3 atom stereocenters. The number of carbonyl (C=O) groups is 3. The average Bonchev–Trinajstić information content (AvgIpc) is 3.46. The number of aliphatic carboxylic acids is 2. The maximum absolute atomic E-state index is 12.7. The van der Waals surface area contributed by atoms with Gasteiger partial charge in [0, 0.05) is 40.5 Å². The molecule has 0 bridgehead atoms. The number of halogens is 1. The number of furan rings is 1. The molecular weight excluding hydrogens is 490 g/mol. The van der Waals surface area contributed by atoms with Gasteiger partial charge in [0.15, 0.2) is 18.0 Å². The first-order valence-corrected chi connectivity index (χ1v) is 11.8. The van der Waals surface area contributed by atoms with Gasteiger partial charge in [-0.2, -0.15) is 0 Å². The van der Waals surface area contributed by atoms with Gasteiger partial charge in [-0.25, -0.2) is 9.59 Å². The Hall–Kier alpha value is -3.24. The molecule has 2 aromatic carbocycles. The minimum absolute atomic E-state index is 0.0250. The quantitative estimate of drug-likeness (QED) is 0.330. The number of rotatable bonds is 8. The largest absolute Gasteiger partial charge is 0.479 e. The Bertz CT molecular complexity index is 1220. The Kier molecular flexibility index (Phi) is 9.22. The normalized spacial score (nSPS) is 17.3. The lowest BCUT2D eigenvalue weighted by molar-refractivity contribution is -0.165. The van der Waals surface area contributed by atoms with E-state index in [1.165, 1.54) is 19.4 Å². The second-order valence-corrected chi connectivity index (χ2v) is 9.08. The van der Waals surface area contributed by atoms with E-state index in [4.69, 9.17) is 36.4 Å². The van der Waals surface area contributed by atoms with Crippen molar-refractivity contribution in [2.75, 3.05) is 13.1 Å². The van der Waals surface area contributed by atoms with Gasteiger partial charge in [0.25, 0.3) is 0 Å². The summed E-state index contributed by atoms with van der Waals surface area (Å²) in [5.74, 6) is -2.58. The van der Waals surface area contributed by atoms with E-state index in [0.717, 1.165) is 29.7 Å². The van der Waals surface area contributed by atoms with E-state index in [1.807, 2.05) is 18.2 Å². The lowest BCUT2D eigenvalue weighted by Gasteiger charge is -2.19. The summed E-state index contributed by atoms with van der Waals surface area (Å²) < 4.78 is 5.96. The van der Waals surface area contributed by atoms with E-state index < -0.39 is 24.1 Å². The predicted octanol–water partition coefficient (Wildman–Crippen LogP) is 3.22. The van der Waals surface area contributed by atoms with Crippen LogP contribution in [0.5, 0.6) is 0 Å². The van der Waals surface area contributed by atoms with Gasteiger partial charge in [-0.15, -0.1) is 0 Å². The monoisotopic (exact) mass is 517 g/mol. The molecule has 0 aliphatic carbocycles. The summed E-state index contributed by atoms with van der Waals surface area (Å²) in [4.78, 5) is 34.7. The lowest BCUT2D eigenvalue weighted by atomic mass is 10.0. The number of carboxylic acid groups (broad SMARTS) is 2. The molecule has 1 aliphatic rings. The van der Waals surface area contributed by atoms with Crippen molar-refractivity contribution in [1.29, 1.82) is 0 Å². The number of likely N-dealkylation sites (tertiary alicyclic amines) is 1. The van der Waals surface area contributed by atoms with E-state index in [0.29, 0.717) is 22.2 Å². The van der Waals surface area contributed by atoms with Crippen molar-refractivity contribution >= 4 is 40.3 Å². The maximum Gasteiger partial charge on any atom is 0.335 e. The Morgan fingerprint density at radius 2 is 1.69 bits per heavy atom. The summed E-state index contributed by atoms with van der Waals surface area (Å²) >= 11 is 6.00. The van der Waals surface area contributed by atoms with Crippen LogP contribution in [-0.2, 0) is 16.0 Å². The molecule has 0 saturated carbocycles. The van der Waals surface area contributed by atoms with Crippen LogP contribution in [0.25, 0.3) is 11.0 Å². The van der Waals surface area contributed by atoms with Crippen molar-refractivity contribution < 1.29 is 39.2 Å². The number of fused-ring (bicyclic) bond motifs is 1. The van der Waals surface area contributed by atoms with E-state index in [1.54, 1.807) is 24.3 Å². The second kappa shape index (κ2) is 12.1. The SMILES string of the molecule is C[C@@H]1CCCN1CCc1cc2cc(C(=O)c3cccc(Cl)c3)ccc2o1.O=C(O)[C@H](O)[C@@H](O)C(=O)O. The van der Waals surface area contributed by atoms with Gasteiger partial charge < -0.3 is 29.7 Å². The van der Waals surface area contributed by atoms with Crippen LogP contribution in [0.15, 0.2) is 52.9 Å². The number of carbonyl (C=O) groups excluding carboxylic acids is 1. The van der Waals surface area contributed by atoms with Crippen molar-refractivity contribution in [3.63, 3.8) is 0 Å². The molecule has 0 unspecified atom stereocenters. The molecule has 9 nitrogen and oxygen atoms in total. The molecule has 36 heavy (non-hydrogen) atoms. The first-order valence-electron chi connectivity index (χ1n) is 11.5. The van der Waals surface area contributed by atoms with Crippen LogP contribution in [0.4, 0.5) is 0 Å². The molecular formula is C26H28ClNO8. The summed E-state index contributed by atoms with van der Waals surface area (Å²) in [5, 5.41) is 34.1. The zero-order chi connectivity index (χ0) is 26.4. The van der Waals surface area contributed by atoms with Crippen LogP contribution in [0.2, 0.25) is 5.02 Å². The van der Waals surface area contributed by atoms with Crippen LogP contribution in [-0.4, -0.2) is 74.4 Å². The summed E-state index contributed by atoms with van der Waals surface area (Å²) in [6, 6.07) is 15.4. The Morgan fingerprint density at radius 1 is 1.03 bits per heavy atom. The molecule has 0 spiro atoms. The van der Waals surface area contributed by atoms with Crippen LogP contribution in [0.3, 0.4) is 0 Å². The first-order chi connectivity index (χ1) is 17.1. The molecule has 3 aromatic rings. The molecule has 1 fully saturated rings. The molecule has 1 saturated heterocycles. The number of aliphatic hydroxyl groups excluding tert-OH is 2. The fourth-order valence-corrected chi connectivity index (χ4v) is 4.20. The van der Waals surface area contributed by atoms with Crippen LogP contribution in [0, 0.1) is 0 Å². The number of nitrogens with zero attached hydrogens (tertiary/aromatic N) is 1. The van der Waals surface area contributed by atoms with Gasteiger partial charge in [0.2, 0.25) is 0 Å². The zero-order valence-electron chi connectivity index (χ0n) is 19.6. The minimum Gasteiger partial charge on any atom is -0.479 e. The van der Waals surface area contributed by atoms with Gasteiger partial charge in [0.1, 0.15) is 11.3 Å². The highest BCUT2D eigenvalue weighted by atomic mass is 35.5. The highest BCUT2D eigenvalue weighted by Gasteiger charge is 2.29. The van der Waals surface area contributed by atoms with Gasteiger partial charge in [-0.3, -0.25) is 4.79 Å². The molecule has 0 radical (unpaired) electrons. The van der Waals surface area contributed by atoms with Crippen LogP contribution in [0.1, 0.15) is 41.4 Å². The second-order valence-electron chi connectivity index (χ2n) is 8.65. The number of hydrogen-bond donors (Lipinski definition) is 4. The number of aliphatic hydroxyl groups is 2. The minimum atomic E-state index is -2.27. The number of carboxylic acids is 2. The summed E-state index contributed by atoms with van der Waals surface area (Å²) in [6.45, 7) is 4.49. The third-order valence-corrected chi connectivity index (χ3v) is 6.29. The fourth-order valence-electron chi connectivity index (χ4n) is 4.01. The Balaban J connectivity index is 0.000000308. The zero-order valence-corrected chi connectivity index (χ0v) is 20.4. The van der Waals surface area contributed by atoms with Crippen molar-refractivity contribution in [2.45, 2.75) is 44.4 Å². The number of benzene rings is 2. The molecule has 4 rings (SSSR count). The summed E-state index contributed by atoms with van der Waals surface area (Å²) in [5.41, 5.74) is 2.08. The summed E-state index contributed by atoms with van der Waals surface area (Å²) in [7, 11) is 0. The van der Waals surface area contributed by atoms with Gasteiger partial charge in [-0.05, 0) is 62.7 Å². The molecule has 4 N–H and O–H groups in total. The molecule has 1 aromatic heterocycles. The molecule has 192 valence electrons. The molecule has 2 heterocycles. The fraction of sp³-hybridized carbons (Fsp3) is 0.346. The van der Waals surface area contributed by atoms with Gasteiger partial charge in [-0.1, -0.05) is 23.7 Å². The highest BCUT2D eigenvalue weighted by molar-refractivity contribution is 6.31. The third kappa shape index (κ3) is 6.92. The lowest BCUT2D eigenvalue weighted by Crippen LogP contribution is -2.39. The molecule has 0 amide bonds. The summed E-state index contributed by atoms with van der Waals surface area (Å²) in [6.07, 6.45) is -1.06. The maximum atomic E-state index is 12.7. The van der Waals surface area contributed by atoms with Gasteiger partial charge >= 0.3 is 11.9 Å². The smallest absolute Gasteiger partial charge is 0.335 e. The molecule has 10 heteroatoms. The van der Waals surface area contributed by atoms with E-state index >= 15 is 0 Å². The standard InChI is InChI=1S/C22H22ClNO2.C4H6O6/c1-15-4-3-10-24(15)11-9-20-14-18-12-17(7-8-21(18)26-20)22(25)16-5-2-6-19(23)13-16;5-1(3(7)8)2(6)4(9)10/h2,5-8,12-15H,3-4,9-11H2,1H3;1-2,5-6H,(H,7,8)(H,9,10)/t15-;1-,2-/m11/s1. The van der Waals surface area contributed by atoms with Crippen LogP contribution >= 0.6 is 11.6 Å². The Morgan fingerprint density at radius 3 is 2.28 bits per heavy atom. The van der Waals surface area contributed by atoms with E-state index in [2.05, 4.69) is 17.9 Å². The topological polar surface area (TPSA) is 149 Å². The van der Waals surface area contributed by atoms with E-state index in [-0.39, 0.29) is 5.78 Å². The van der Waals surface area contributed by atoms with E-state index in [9.17, 15) is 14.4 Å². The third-order valence-electron chi connectivity index (χ3n) is 6.06. The molecule has 1 aliphatic heterocycles. The van der Waals surface area contributed by atoms with Crippen molar-refractivity contribution in [2.24, 2.45) is 0 Å². The van der Waals surface area contributed by atoms with Gasteiger partial charge in [0.05, 0.1) is 0 Å². The highest BCUT2D eigenvalue weighted by Crippen LogP contribution is 2.24. The number of hydrogen-bond acceptors (Lipinski definition) is 7. The van der Waals surface area contributed by atoms with Crippen molar-refractivity contribution in [1.82, 2.24) is 4.90 Å².